The van der Waals surface area contributed by atoms with Crippen molar-refractivity contribution in [3.63, 3.8) is 0 Å². The molecule has 1 amide bonds. The van der Waals surface area contributed by atoms with Crippen molar-refractivity contribution in [2.75, 3.05) is 25.7 Å². The maximum atomic E-state index is 13.6. The van der Waals surface area contributed by atoms with Crippen LogP contribution >= 0.6 is 11.3 Å². The molecule has 3 aromatic carbocycles. The van der Waals surface area contributed by atoms with Crippen LogP contribution in [0.4, 0.5) is 5.13 Å². The first kappa shape index (κ1) is 26.2. The number of hydrogen-bond donors (Lipinski definition) is 1. The van der Waals surface area contributed by atoms with E-state index in [1.807, 2.05) is 25.1 Å². The highest BCUT2D eigenvalue weighted by Gasteiger charge is 2.48. The lowest BCUT2D eigenvalue weighted by atomic mass is 9.95. The summed E-state index contributed by atoms with van der Waals surface area (Å²) < 4.78 is 17.4. The predicted molar refractivity (Wildman–Crippen MR) is 151 cm³/mol. The first-order valence-corrected chi connectivity index (χ1v) is 13.4. The van der Waals surface area contributed by atoms with E-state index >= 15 is 0 Å². The smallest absolute Gasteiger partial charge is 0.301 e. The predicted octanol–water partition coefficient (Wildman–Crippen LogP) is 5.90. The maximum absolute atomic E-state index is 13.6. The lowest BCUT2D eigenvalue weighted by Crippen LogP contribution is -2.29. The van der Waals surface area contributed by atoms with Crippen LogP contribution in [0.25, 0.3) is 16.0 Å². The third-order valence-electron chi connectivity index (χ3n) is 6.67. The van der Waals surface area contributed by atoms with Crippen LogP contribution in [0.1, 0.15) is 36.6 Å². The van der Waals surface area contributed by atoms with Crippen molar-refractivity contribution in [1.82, 2.24) is 4.98 Å². The molecule has 1 N–H and O–H groups in total. The van der Waals surface area contributed by atoms with Crippen LogP contribution in [0.15, 0.2) is 66.2 Å². The van der Waals surface area contributed by atoms with Gasteiger partial charge < -0.3 is 19.3 Å². The van der Waals surface area contributed by atoms with E-state index in [9.17, 15) is 14.7 Å². The minimum atomic E-state index is -0.942. The number of carbonyl (C=O) groups excluding carboxylic acids is 2. The highest BCUT2D eigenvalue weighted by Crippen LogP contribution is 2.46. The Morgan fingerprint density at radius 3 is 2.41 bits per heavy atom. The molecule has 5 rings (SSSR count). The van der Waals surface area contributed by atoms with Crippen molar-refractivity contribution < 1.29 is 28.9 Å². The number of aromatic nitrogens is 1. The van der Waals surface area contributed by atoms with Crippen LogP contribution in [-0.4, -0.2) is 42.6 Å². The number of amides is 1. The largest absolute Gasteiger partial charge is 0.507 e. The molecule has 1 fully saturated rings. The molecule has 200 valence electrons. The molecule has 8 nitrogen and oxygen atoms in total. The Labute approximate surface area is 230 Å². The van der Waals surface area contributed by atoms with E-state index in [4.69, 9.17) is 19.2 Å². The summed E-state index contributed by atoms with van der Waals surface area (Å²) in [7, 11) is 3.07. The number of rotatable bonds is 8. The minimum absolute atomic E-state index is 0.0371. The molecule has 0 radical (unpaired) electrons. The monoisotopic (exact) mass is 544 g/mol. The second-order valence-electron chi connectivity index (χ2n) is 8.89. The Kier molecular flexibility index (Phi) is 7.26. The fourth-order valence-corrected chi connectivity index (χ4v) is 5.71. The molecule has 2 heterocycles. The van der Waals surface area contributed by atoms with Gasteiger partial charge in [-0.25, -0.2) is 4.98 Å². The van der Waals surface area contributed by atoms with Gasteiger partial charge in [-0.2, -0.15) is 0 Å². The summed E-state index contributed by atoms with van der Waals surface area (Å²) in [5, 5.41) is 11.8. The second-order valence-corrected chi connectivity index (χ2v) is 9.90. The average Bonchev–Trinajstić information content (AvgIpc) is 3.50. The van der Waals surface area contributed by atoms with Gasteiger partial charge in [-0.1, -0.05) is 30.4 Å². The third-order valence-corrected chi connectivity index (χ3v) is 7.68. The highest BCUT2D eigenvalue weighted by atomic mass is 32.1. The van der Waals surface area contributed by atoms with Crippen molar-refractivity contribution in [3.8, 4) is 17.2 Å². The van der Waals surface area contributed by atoms with Crippen LogP contribution in [0, 0.1) is 0 Å². The standard InChI is InChI=1S/C30H28N2O6S/c1-5-17-7-13-21-24(15-17)39-30(31-21)32-26(19-10-14-22(38-6-2)23(16-19)37-4)25(28(34)29(32)35)27(33)18-8-11-20(36-3)12-9-18/h7-16,26,33H,5-6H2,1-4H3/t26-/m1/s1. The molecule has 0 unspecified atom stereocenters. The van der Waals surface area contributed by atoms with Gasteiger partial charge >= 0.3 is 5.91 Å². The van der Waals surface area contributed by atoms with Crippen molar-refractivity contribution in [2.45, 2.75) is 26.3 Å². The first-order valence-electron chi connectivity index (χ1n) is 12.6. The highest BCUT2D eigenvalue weighted by molar-refractivity contribution is 7.22. The van der Waals surface area contributed by atoms with E-state index in [-0.39, 0.29) is 11.3 Å². The van der Waals surface area contributed by atoms with E-state index in [1.165, 1.54) is 23.3 Å². The lowest BCUT2D eigenvalue weighted by molar-refractivity contribution is -0.132. The van der Waals surface area contributed by atoms with Gasteiger partial charge in [0.25, 0.3) is 5.78 Å². The van der Waals surface area contributed by atoms with Gasteiger partial charge in [0.2, 0.25) is 0 Å². The number of ketones is 1. The molecule has 0 spiro atoms. The molecular formula is C30H28N2O6S. The summed E-state index contributed by atoms with van der Waals surface area (Å²) >= 11 is 1.33. The summed E-state index contributed by atoms with van der Waals surface area (Å²) in [6, 6.07) is 16.9. The SMILES string of the molecule is CCOc1ccc([C@@H]2C(=C(O)c3ccc(OC)cc3)C(=O)C(=O)N2c2nc3ccc(CC)cc3s2)cc1OC. The van der Waals surface area contributed by atoms with Crippen molar-refractivity contribution in [1.29, 1.82) is 0 Å². The molecule has 1 atom stereocenters. The molecule has 1 aliphatic rings. The summed E-state index contributed by atoms with van der Waals surface area (Å²) in [6.45, 7) is 4.38. The molecule has 4 aromatic rings. The number of Topliss-reactive ketones (excluding diaryl/α,β-unsaturated/α-hetero) is 1. The van der Waals surface area contributed by atoms with E-state index in [1.54, 1.807) is 49.6 Å². The number of anilines is 1. The summed E-state index contributed by atoms with van der Waals surface area (Å²) in [5.41, 5.74) is 2.79. The van der Waals surface area contributed by atoms with Gasteiger partial charge in [0.1, 0.15) is 11.5 Å². The number of methoxy groups -OCH3 is 2. The fraction of sp³-hybridized carbons (Fsp3) is 0.233. The molecule has 1 aromatic heterocycles. The molecule has 1 aliphatic heterocycles. The third kappa shape index (κ3) is 4.70. The molecule has 0 saturated carbocycles. The average molecular weight is 545 g/mol. The van der Waals surface area contributed by atoms with Gasteiger partial charge in [-0.05, 0) is 73.0 Å². The molecule has 0 aliphatic carbocycles. The number of aliphatic hydroxyl groups excluding tert-OH is 1. The van der Waals surface area contributed by atoms with E-state index < -0.39 is 17.7 Å². The van der Waals surface area contributed by atoms with Crippen molar-refractivity contribution >= 4 is 44.1 Å². The molecule has 39 heavy (non-hydrogen) atoms. The molecule has 0 bridgehead atoms. The topological polar surface area (TPSA) is 98.2 Å². The summed E-state index contributed by atoms with van der Waals surface area (Å²) in [6.07, 6.45) is 0.863. The quantitative estimate of drug-likeness (QED) is 0.168. The zero-order valence-electron chi connectivity index (χ0n) is 22.1. The Morgan fingerprint density at radius 1 is 0.974 bits per heavy atom. The normalized spacial score (nSPS) is 16.6. The van der Waals surface area contributed by atoms with E-state index in [0.717, 1.165) is 22.2 Å². The van der Waals surface area contributed by atoms with Crippen molar-refractivity contribution in [3.05, 3.63) is 82.9 Å². The molecule has 1 saturated heterocycles. The number of nitrogens with zero attached hydrogens (tertiary/aromatic N) is 2. The van der Waals surface area contributed by atoms with Gasteiger partial charge in [0.15, 0.2) is 16.6 Å². The second kappa shape index (κ2) is 10.8. The molecule has 9 heteroatoms. The molecular weight excluding hydrogens is 516 g/mol. The van der Waals surface area contributed by atoms with Crippen LogP contribution in [0.3, 0.4) is 0 Å². The van der Waals surface area contributed by atoms with Crippen LogP contribution in [-0.2, 0) is 16.0 Å². The van der Waals surface area contributed by atoms with Gasteiger partial charge in [-0.15, -0.1) is 0 Å². The number of hydrogen-bond acceptors (Lipinski definition) is 8. The summed E-state index contributed by atoms with van der Waals surface area (Å²) in [5.74, 6) is -0.275. The number of fused-ring (bicyclic) bond motifs is 1. The number of carbonyl (C=O) groups is 2. The van der Waals surface area contributed by atoms with Gasteiger partial charge in [0.05, 0.1) is 42.7 Å². The van der Waals surface area contributed by atoms with Gasteiger partial charge in [0, 0.05) is 5.56 Å². The number of aliphatic hydroxyl groups is 1. The van der Waals surface area contributed by atoms with Gasteiger partial charge in [-0.3, -0.25) is 14.5 Å². The van der Waals surface area contributed by atoms with E-state index in [0.29, 0.717) is 40.1 Å². The first-order chi connectivity index (χ1) is 18.9. The fourth-order valence-electron chi connectivity index (χ4n) is 4.66. The van der Waals surface area contributed by atoms with E-state index in [2.05, 4.69) is 6.92 Å². The number of thiazole rings is 1. The Hall–Kier alpha value is -4.37. The zero-order chi connectivity index (χ0) is 27.7. The number of ether oxygens (including phenoxy) is 3. The van der Waals surface area contributed by atoms with Crippen LogP contribution in [0.5, 0.6) is 17.2 Å². The zero-order valence-corrected chi connectivity index (χ0v) is 22.9. The summed E-state index contributed by atoms with van der Waals surface area (Å²) in [4.78, 5) is 33.2. The number of aryl methyl sites for hydroxylation is 1. The lowest BCUT2D eigenvalue weighted by Gasteiger charge is -2.24. The minimum Gasteiger partial charge on any atom is -0.507 e. The number of benzene rings is 3. The van der Waals surface area contributed by atoms with Crippen molar-refractivity contribution in [2.24, 2.45) is 0 Å². The maximum Gasteiger partial charge on any atom is 0.301 e. The Balaban J connectivity index is 1.71. The Bertz CT molecular complexity index is 1590. The Morgan fingerprint density at radius 2 is 1.74 bits per heavy atom. The van der Waals surface area contributed by atoms with Crippen LogP contribution in [0.2, 0.25) is 0 Å². The van der Waals surface area contributed by atoms with Crippen LogP contribution < -0.4 is 19.1 Å².